The molecule has 1 saturated carbocycles. The number of amides is 1. The Bertz CT molecular complexity index is 553. The number of ether oxygens (including phenoxy) is 1. The summed E-state index contributed by atoms with van der Waals surface area (Å²) < 4.78 is 5.50. The van der Waals surface area contributed by atoms with Gasteiger partial charge in [0.25, 0.3) is 0 Å². The molecule has 1 amide bonds. The Morgan fingerprint density at radius 2 is 1.86 bits per heavy atom. The first-order valence-corrected chi connectivity index (χ1v) is 8.47. The number of rotatable bonds is 1. The van der Waals surface area contributed by atoms with Gasteiger partial charge >= 0.3 is 6.09 Å². The standard InChI is InChI=1S/C19H27NO2/c1-18(2,3)22-17(21)20-16-15-10-6-5-9-14(15)13-19(16)11-7-4-8-12-19/h5-6,9-10,16H,4,7-8,11-13H2,1-3H3,(H,20,21)/t16-/m1/s1. The maximum Gasteiger partial charge on any atom is 0.408 e. The molecule has 2 aliphatic carbocycles. The highest BCUT2D eigenvalue weighted by molar-refractivity contribution is 5.69. The van der Waals surface area contributed by atoms with Gasteiger partial charge in [-0.05, 0) is 56.6 Å². The molecule has 1 spiro atoms. The third-order valence-electron chi connectivity index (χ3n) is 5.03. The van der Waals surface area contributed by atoms with Crippen molar-refractivity contribution in [3.8, 4) is 0 Å². The number of hydrogen-bond donors (Lipinski definition) is 1. The summed E-state index contributed by atoms with van der Waals surface area (Å²) in [7, 11) is 0. The lowest BCUT2D eigenvalue weighted by Gasteiger charge is -2.39. The average Bonchev–Trinajstić information content (AvgIpc) is 2.72. The normalized spacial score (nSPS) is 23.1. The Morgan fingerprint density at radius 1 is 1.18 bits per heavy atom. The van der Waals surface area contributed by atoms with E-state index in [0.29, 0.717) is 0 Å². The molecule has 3 nitrogen and oxygen atoms in total. The predicted molar refractivity (Wildman–Crippen MR) is 87.8 cm³/mol. The first-order chi connectivity index (χ1) is 10.4. The van der Waals surface area contributed by atoms with Gasteiger partial charge in [-0.25, -0.2) is 4.79 Å². The third kappa shape index (κ3) is 2.99. The van der Waals surface area contributed by atoms with E-state index in [1.165, 1.54) is 43.2 Å². The van der Waals surface area contributed by atoms with E-state index < -0.39 is 5.60 Å². The molecule has 0 bridgehead atoms. The molecule has 1 aromatic carbocycles. The number of carbonyl (C=O) groups excluding carboxylic acids is 1. The summed E-state index contributed by atoms with van der Waals surface area (Å²) in [5.74, 6) is 0. The molecule has 3 rings (SSSR count). The van der Waals surface area contributed by atoms with Gasteiger partial charge in [0.1, 0.15) is 5.60 Å². The van der Waals surface area contributed by atoms with Crippen molar-refractivity contribution < 1.29 is 9.53 Å². The van der Waals surface area contributed by atoms with Gasteiger partial charge in [0.15, 0.2) is 0 Å². The van der Waals surface area contributed by atoms with E-state index in [4.69, 9.17) is 4.74 Å². The van der Waals surface area contributed by atoms with Crippen molar-refractivity contribution in [1.29, 1.82) is 0 Å². The lowest BCUT2D eigenvalue weighted by atomic mass is 9.69. The van der Waals surface area contributed by atoms with Crippen LogP contribution in [0.15, 0.2) is 24.3 Å². The van der Waals surface area contributed by atoms with Crippen molar-refractivity contribution in [3.63, 3.8) is 0 Å². The van der Waals surface area contributed by atoms with Gasteiger partial charge in [0.2, 0.25) is 0 Å². The highest BCUT2D eigenvalue weighted by atomic mass is 16.6. The fourth-order valence-corrected chi connectivity index (χ4v) is 4.17. The van der Waals surface area contributed by atoms with E-state index in [0.717, 1.165) is 6.42 Å². The van der Waals surface area contributed by atoms with Gasteiger partial charge in [-0.15, -0.1) is 0 Å². The van der Waals surface area contributed by atoms with Crippen molar-refractivity contribution >= 4 is 6.09 Å². The fourth-order valence-electron chi connectivity index (χ4n) is 4.17. The quantitative estimate of drug-likeness (QED) is 0.812. The summed E-state index contributed by atoms with van der Waals surface area (Å²) >= 11 is 0. The van der Waals surface area contributed by atoms with Gasteiger partial charge < -0.3 is 10.1 Å². The number of benzene rings is 1. The molecule has 0 heterocycles. The number of nitrogens with one attached hydrogen (secondary N) is 1. The number of alkyl carbamates (subject to hydrolysis) is 1. The topological polar surface area (TPSA) is 38.3 Å². The Labute approximate surface area is 133 Å². The molecule has 0 saturated heterocycles. The van der Waals surface area contributed by atoms with Gasteiger partial charge in [-0.3, -0.25) is 0 Å². The smallest absolute Gasteiger partial charge is 0.408 e. The number of hydrogen-bond acceptors (Lipinski definition) is 2. The van der Waals surface area contributed by atoms with Crippen LogP contribution in [-0.4, -0.2) is 11.7 Å². The van der Waals surface area contributed by atoms with Crippen LogP contribution in [0, 0.1) is 5.41 Å². The minimum Gasteiger partial charge on any atom is -0.444 e. The van der Waals surface area contributed by atoms with E-state index in [-0.39, 0.29) is 17.6 Å². The van der Waals surface area contributed by atoms with Crippen LogP contribution in [0.25, 0.3) is 0 Å². The van der Waals surface area contributed by atoms with Crippen LogP contribution in [0.5, 0.6) is 0 Å². The second kappa shape index (κ2) is 5.60. The van der Waals surface area contributed by atoms with Crippen molar-refractivity contribution in [2.24, 2.45) is 5.41 Å². The van der Waals surface area contributed by atoms with Gasteiger partial charge in [-0.2, -0.15) is 0 Å². The molecule has 0 aromatic heterocycles. The fraction of sp³-hybridized carbons (Fsp3) is 0.632. The largest absolute Gasteiger partial charge is 0.444 e. The maximum atomic E-state index is 12.3. The highest BCUT2D eigenvalue weighted by Crippen LogP contribution is 2.53. The minimum atomic E-state index is -0.456. The average molecular weight is 301 g/mol. The van der Waals surface area contributed by atoms with Crippen LogP contribution in [0.2, 0.25) is 0 Å². The first-order valence-electron chi connectivity index (χ1n) is 8.47. The van der Waals surface area contributed by atoms with Crippen LogP contribution in [-0.2, 0) is 11.2 Å². The van der Waals surface area contributed by atoms with E-state index in [9.17, 15) is 4.79 Å². The third-order valence-corrected chi connectivity index (χ3v) is 5.03. The molecule has 0 unspecified atom stereocenters. The zero-order chi connectivity index (χ0) is 15.8. The number of carbonyl (C=O) groups is 1. The van der Waals surface area contributed by atoms with Crippen molar-refractivity contribution in [3.05, 3.63) is 35.4 Å². The Balaban J connectivity index is 1.85. The van der Waals surface area contributed by atoms with Crippen LogP contribution < -0.4 is 5.32 Å². The summed E-state index contributed by atoms with van der Waals surface area (Å²) in [5.41, 5.74) is 2.42. The van der Waals surface area contributed by atoms with Gasteiger partial charge in [0, 0.05) is 0 Å². The first kappa shape index (κ1) is 15.4. The molecule has 120 valence electrons. The van der Waals surface area contributed by atoms with Crippen LogP contribution >= 0.6 is 0 Å². The van der Waals surface area contributed by atoms with Gasteiger partial charge in [-0.1, -0.05) is 43.5 Å². The predicted octanol–water partition coefficient (Wildman–Crippen LogP) is 4.76. The molecular weight excluding hydrogens is 274 g/mol. The zero-order valence-corrected chi connectivity index (χ0v) is 13.9. The molecule has 1 fully saturated rings. The molecule has 0 radical (unpaired) electrons. The van der Waals surface area contributed by atoms with E-state index in [1.54, 1.807) is 0 Å². The minimum absolute atomic E-state index is 0.0962. The Hall–Kier alpha value is -1.51. The van der Waals surface area contributed by atoms with Crippen LogP contribution in [0.1, 0.15) is 70.0 Å². The summed E-state index contributed by atoms with van der Waals surface area (Å²) in [6.07, 6.45) is 7.03. The lowest BCUT2D eigenvalue weighted by Crippen LogP contribution is -2.42. The zero-order valence-electron chi connectivity index (χ0n) is 13.9. The molecular formula is C19H27NO2. The van der Waals surface area contributed by atoms with E-state index in [1.807, 2.05) is 20.8 Å². The molecule has 22 heavy (non-hydrogen) atoms. The maximum absolute atomic E-state index is 12.3. The number of fused-ring (bicyclic) bond motifs is 1. The summed E-state index contributed by atoms with van der Waals surface area (Å²) in [5, 5.41) is 3.19. The van der Waals surface area contributed by atoms with Crippen molar-refractivity contribution in [1.82, 2.24) is 5.32 Å². The van der Waals surface area contributed by atoms with Crippen molar-refractivity contribution in [2.45, 2.75) is 70.9 Å². The lowest BCUT2D eigenvalue weighted by molar-refractivity contribution is 0.0414. The molecule has 2 aliphatic rings. The monoisotopic (exact) mass is 301 g/mol. The Kier molecular flexibility index (Phi) is 3.92. The van der Waals surface area contributed by atoms with Crippen LogP contribution in [0.3, 0.4) is 0 Å². The Morgan fingerprint density at radius 3 is 2.55 bits per heavy atom. The van der Waals surface area contributed by atoms with E-state index >= 15 is 0 Å². The molecule has 1 aromatic rings. The molecule has 3 heteroatoms. The summed E-state index contributed by atoms with van der Waals surface area (Å²) in [6.45, 7) is 5.72. The molecule has 0 aliphatic heterocycles. The second-order valence-corrected chi connectivity index (χ2v) is 7.88. The summed E-state index contributed by atoms with van der Waals surface area (Å²) in [4.78, 5) is 12.3. The van der Waals surface area contributed by atoms with E-state index in [2.05, 4.69) is 29.6 Å². The van der Waals surface area contributed by atoms with Gasteiger partial charge in [0.05, 0.1) is 6.04 Å². The summed E-state index contributed by atoms with van der Waals surface area (Å²) in [6, 6.07) is 8.65. The molecule has 1 atom stereocenters. The molecule has 1 N–H and O–H groups in total. The van der Waals surface area contributed by atoms with Crippen LogP contribution in [0.4, 0.5) is 4.79 Å². The van der Waals surface area contributed by atoms with Crippen molar-refractivity contribution in [2.75, 3.05) is 0 Å². The second-order valence-electron chi connectivity index (χ2n) is 7.88. The SMILES string of the molecule is CC(C)(C)OC(=O)N[C@@H]1c2ccccc2CC12CCCCC2. The highest BCUT2D eigenvalue weighted by Gasteiger charge is 2.47.